The molecule has 0 unspecified atom stereocenters. The molecule has 0 aliphatic rings. The minimum Gasteiger partial charge on any atom is -0.484 e. The number of hydrogen-bond donors (Lipinski definition) is 1. The minimum absolute atomic E-state index is 0.0982. The SMILES string of the molecule is O=C(COc1cccc(Br)c1)N/N=C\c1ccc(Cl)s1. The van der Waals surface area contributed by atoms with Gasteiger partial charge in [-0.15, -0.1) is 11.3 Å². The molecule has 0 radical (unpaired) electrons. The van der Waals surface area contributed by atoms with Crippen molar-refractivity contribution in [3.8, 4) is 5.75 Å². The van der Waals surface area contributed by atoms with Gasteiger partial charge in [-0.25, -0.2) is 5.43 Å². The number of hydrazone groups is 1. The summed E-state index contributed by atoms with van der Waals surface area (Å²) in [5, 5.41) is 3.82. The van der Waals surface area contributed by atoms with Crippen LogP contribution in [0.5, 0.6) is 5.75 Å². The van der Waals surface area contributed by atoms with Crippen molar-refractivity contribution in [2.75, 3.05) is 6.61 Å². The van der Waals surface area contributed by atoms with Crippen LogP contribution in [0.3, 0.4) is 0 Å². The Hall–Kier alpha value is -1.37. The summed E-state index contributed by atoms with van der Waals surface area (Å²) in [6.45, 7) is -0.0982. The molecule has 0 atom stereocenters. The van der Waals surface area contributed by atoms with Crippen molar-refractivity contribution < 1.29 is 9.53 Å². The van der Waals surface area contributed by atoms with Gasteiger partial charge >= 0.3 is 0 Å². The molecule has 1 aromatic carbocycles. The molecule has 1 amide bonds. The zero-order valence-corrected chi connectivity index (χ0v) is 13.3. The van der Waals surface area contributed by atoms with Crippen molar-refractivity contribution in [1.82, 2.24) is 5.43 Å². The summed E-state index contributed by atoms with van der Waals surface area (Å²) in [4.78, 5) is 12.4. The second-order valence-electron chi connectivity index (χ2n) is 3.68. The number of hydrogen-bond acceptors (Lipinski definition) is 4. The third kappa shape index (κ3) is 4.96. The lowest BCUT2D eigenvalue weighted by Crippen LogP contribution is -2.24. The molecule has 0 saturated heterocycles. The third-order valence-corrected chi connectivity index (χ3v) is 3.80. The highest BCUT2D eigenvalue weighted by Crippen LogP contribution is 2.19. The fraction of sp³-hybridized carbons (Fsp3) is 0.0769. The number of nitrogens with zero attached hydrogens (tertiary/aromatic N) is 1. The van der Waals surface area contributed by atoms with Gasteiger partial charge in [-0.3, -0.25) is 4.79 Å². The molecule has 20 heavy (non-hydrogen) atoms. The lowest BCUT2D eigenvalue weighted by Gasteiger charge is -2.04. The van der Waals surface area contributed by atoms with Crippen LogP contribution in [0.4, 0.5) is 0 Å². The lowest BCUT2D eigenvalue weighted by molar-refractivity contribution is -0.123. The summed E-state index contributed by atoms with van der Waals surface area (Å²) in [6.07, 6.45) is 1.54. The molecular weight excluding hydrogens is 364 g/mol. The van der Waals surface area contributed by atoms with Crippen LogP contribution in [-0.2, 0) is 4.79 Å². The van der Waals surface area contributed by atoms with Gasteiger partial charge in [0.15, 0.2) is 6.61 Å². The number of benzene rings is 1. The van der Waals surface area contributed by atoms with Crippen LogP contribution < -0.4 is 10.2 Å². The van der Waals surface area contributed by atoms with Gasteiger partial charge in [-0.2, -0.15) is 5.10 Å². The molecule has 0 spiro atoms. The molecule has 104 valence electrons. The predicted octanol–water partition coefficient (Wildman–Crippen LogP) is 3.69. The predicted molar refractivity (Wildman–Crippen MR) is 84.7 cm³/mol. The van der Waals surface area contributed by atoms with E-state index in [1.54, 1.807) is 18.2 Å². The van der Waals surface area contributed by atoms with E-state index in [0.29, 0.717) is 10.1 Å². The molecular formula is C13H10BrClN2O2S. The first-order valence-electron chi connectivity index (χ1n) is 5.59. The molecule has 2 aromatic rings. The molecule has 4 nitrogen and oxygen atoms in total. The Morgan fingerprint density at radius 1 is 1.45 bits per heavy atom. The van der Waals surface area contributed by atoms with E-state index in [1.807, 2.05) is 18.2 Å². The molecule has 1 aromatic heterocycles. The van der Waals surface area contributed by atoms with Crippen molar-refractivity contribution >= 4 is 51.0 Å². The van der Waals surface area contributed by atoms with E-state index < -0.39 is 0 Å². The van der Waals surface area contributed by atoms with Crippen molar-refractivity contribution in [3.63, 3.8) is 0 Å². The number of halogens is 2. The van der Waals surface area contributed by atoms with Crippen molar-refractivity contribution in [3.05, 3.63) is 50.1 Å². The fourth-order valence-electron chi connectivity index (χ4n) is 1.30. The summed E-state index contributed by atoms with van der Waals surface area (Å²) >= 11 is 10.5. The van der Waals surface area contributed by atoms with Gasteiger partial charge in [0.05, 0.1) is 10.6 Å². The van der Waals surface area contributed by atoms with Crippen LogP contribution >= 0.6 is 38.9 Å². The van der Waals surface area contributed by atoms with Gasteiger partial charge in [0.1, 0.15) is 5.75 Å². The summed E-state index contributed by atoms with van der Waals surface area (Å²) in [6, 6.07) is 10.9. The number of thiophene rings is 1. The molecule has 2 rings (SSSR count). The van der Waals surface area contributed by atoms with Crippen LogP contribution in [0, 0.1) is 0 Å². The smallest absolute Gasteiger partial charge is 0.277 e. The molecule has 7 heteroatoms. The van der Waals surface area contributed by atoms with Crippen LogP contribution in [-0.4, -0.2) is 18.7 Å². The Bertz CT molecular complexity index is 630. The highest BCUT2D eigenvalue weighted by Gasteiger charge is 2.01. The van der Waals surface area contributed by atoms with E-state index in [0.717, 1.165) is 9.35 Å². The van der Waals surface area contributed by atoms with Crippen molar-refractivity contribution in [1.29, 1.82) is 0 Å². The Kier molecular flexibility index (Phi) is 5.58. The number of ether oxygens (including phenoxy) is 1. The summed E-state index contributed by atoms with van der Waals surface area (Å²) in [5.74, 6) is 0.285. The number of carbonyl (C=O) groups is 1. The normalized spacial score (nSPS) is 10.7. The standard InChI is InChI=1S/C13H10BrClN2O2S/c14-9-2-1-3-10(6-9)19-8-13(18)17-16-7-11-4-5-12(15)20-11/h1-7H,8H2,(H,17,18)/b16-7-. The van der Waals surface area contributed by atoms with E-state index in [2.05, 4.69) is 26.5 Å². The summed E-state index contributed by atoms with van der Waals surface area (Å²) < 4.78 is 6.89. The monoisotopic (exact) mass is 372 g/mol. The lowest BCUT2D eigenvalue weighted by atomic mass is 10.3. The Morgan fingerprint density at radius 3 is 3.00 bits per heavy atom. The molecule has 0 fully saturated rings. The summed E-state index contributed by atoms with van der Waals surface area (Å²) in [5.41, 5.74) is 2.38. The average Bonchev–Trinajstić information content (AvgIpc) is 2.82. The Balaban J connectivity index is 1.77. The zero-order valence-electron chi connectivity index (χ0n) is 10.2. The van der Waals surface area contributed by atoms with Crippen LogP contribution in [0.15, 0.2) is 46.0 Å². The maximum atomic E-state index is 11.5. The van der Waals surface area contributed by atoms with E-state index in [9.17, 15) is 4.79 Å². The topological polar surface area (TPSA) is 50.7 Å². The highest BCUT2D eigenvalue weighted by molar-refractivity contribution is 9.10. The maximum Gasteiger partial charge on any atom is 0.277 e. The number of amides is 1. The van der Waals surface area contributed by atoms with Crippen molar-refractivity contribution in [2.24, 2.45) is 5.10 Å². The molecule has 0 bridgehead atoms. The Morgan fingerprint density at radius 2 is 2.30 bits per heavy atom. The van der Waals surface area contributed by atoms with Crippen LogP contribution in [0.25, 0.3) is 0 Å². The zero-order chi connectivity index (χ0) is 14.4. The Labute approximate surface area is 133 Å². The van der Waals surface area contributed by atoms with Gasteiger partial charge in [0, 0.05) is 9.35 Å². The molecule has 0 aliphatic heterocycles. The number of nitrogens with one attached hydrogen (secondary N) is 1. The highest BCUT2D eigenvalue weighted by atomic mass is 79.9. The molecule has 1 heterocycles. The largest absolute Gasteiger partial charge is 0.484 e. The average molecular weight is 374 g/mol. The summed E-state index contributed by atoms with van der Waals surface area (Å²) in [7, 11) is 0. The minimum atomic E-state index is -0.330. The quantitative estimate of drug-likeness (QED) is 0.642. The van der Waals surface area contributed by atoms with E-state index in [1.165, 1.54) is 17.6 Å². The van der Waals surface area contributed by atoms with Gasteiger partial charge in [0.25, 0.3) is 5.91 Å². The van der Waals surface area contributed by atoms with Crippen molar-refractivity contribution in [2.45, 2.75) is 0 Å². The third-order valence-electron chi connectivity index (χ3n) is 2.14. The van der Waals surface area contributed by atoms with Gasteiger partial charge in [-0.05, 0) is 30.3 Å². The molecule has 1 N–H and O–H groups in total. The van der Waals surface area contributed by atoms with E-state index in [4.69, 9.17) is 16.3 Å². The fourth-order valence-corrected chi connectivity index (χ4v) is 2.61. The molecule has 0 aliphatic carbocycles. The van der Waals surface area contributed by atoms with Gasteiger partial charge in [0.2, 0.25) is 0 Å². The van der Waals surface area contributed by atoms with Crippen LogP contribution in [0.2, 0.25) is 4.34 Å². The molecule has 0 saturated carbocycles. The van der Waals surface area contributed by atoms with Crippen LogP contribution in [0.1, 0.15) is 4.88 Å². The first-order valence-corrected chi connectivity index (χ1v) is 7.58. The first-order chi connectivity index (χ1) is 9.63. The first kappa shape index (κ1) is 15.0. The second kappa shape index (κ2) is 7.42. The van der Waals surface area contributed by atoms with Gasteiger partial charge < -0.3 is 4.74 Å². The maximum absolute atomic E-state index is 11.5. The van der Waals surface area contributed by atoms with E-state index >= 15 is 0 Å². The number of carbonyl (C=O) groups excluding carboxylic acids is 1. The second-order valence-corrected chi connectivity index (χ2v) is 6.34. The number of rotatable bonds is 5. The van der Waals surface area contributed by atoms with Gasteiger partial charge in [-0.1, -0.05) is 33.6 Å². The van der Waals surface area contributed by atoms with E-state index in [-0.39, 0.29) is 12.5 Å².